The van der Waals surface area contributed by atoms with Crippen molar-refractivity contribution in [2.24, 2.45) is 0 Å². The third kappa shape index (κ3) is 3.41. The summed E-state index contributed by atoms with van der Waals surface area (Å²) in [5, 5.41) is 12.6. The van der Waals surface area contributed by atoms with E-state index in [2.05, 4.69) is 11.4 Å². The Morgan fingerprint density at radius 2 is 2.22 bits per heavy atom. The summed E-state index contributed by atoms with van der Waals surface area (Å²) in [6.07, 6.45) is 2.48. The lowest BCUT2D eigenvalue weighted by atomic mass is 10.1. The highest BCUT2D eigenvalue weighted by molar-refractivity contribution is 7.99. The van der Waals surface area contributed by atoms with Crippen LogP contribution in [0.3, 0.4) is 0 Å². The fraction of sp³-hybridized carbons (Fsp3) is 0.500. The van der Waals surface area contributed by atoms with Gasteiger partial charge in [0.2, 0.25) is 0 Å². The van der Waals surface area contributed by atoms with E-state index in [1.807, 2.05) is 30.0 Å². The van der Waals surface area contributed by atoms with Crippen LogP contribution in [0.2, 0.25) is 0 Å². The van der Waals surface area contributed by atoms with Crippen molar-refractivity contribution in [3.63, 3.8) is 0 Å². The topological polar surface area (TPSA) is 45.0 Å². The molecule has 1 heterocycles. The Kier molecular flexibility index (Phi) is 4.91. The van der Waals surface area contributed by atoms with Gasteiger partial charge in [-0.05, 0) is 42.0 Å². The van der Waals surface area contributed by atoms with Gasteiger partial charge < -0.3 is 10.1 Å². The molecule has 0 atom stereocenters. The van der Waals surface area contributed by atoms with Crippen LogP contribution < -0.4 is 10.1 Å². The summed E-state index contributed by atoms with van der Waals surface area (Å²) in [5.74, 6) is 3.16. The van der Waals surface area contributed by atoms with E-state index in [0.29, 0.717) is 17.4 Å². The lowest BCUT2D eigenvalue weighted by molar-refractivity contribution is 0.413. The van der Waals surface area contributed by atoms with E-state index in [0.717, 1.165) is 12.1 Å². The number of rotatable bonds is 4. The molecule has 1 saturated heterocycles. The molecule has 0 radical (unpaired) electrons. The van der Waals surface area contributed by atoms with Gasteiger partial charge in [0.05, 0.1) is 12.7 Å². The third-order valence-electron chi connectivity index (χ3n) is 3.20. The van der Waals surface area contributed by atoms with Gasteiger partial charge >= 0.3 is 0 Å². The monoisotopic (exact) mass is 262 g/mol. The Morgan fingerprint density at radius 1 is 1.44 bits per heavy atom. The van der Waals surface area contributed by atoms with Crippen LogP contribution in [0, 0.1) is 11.3 Å². The van der Waals surface area contributed by atoms with E-state index in [9.17, 15) is 0 Å². The Labute approximate surface area is 113 Å². The van der Waals surface area contributed by atoms with Crippen LogP contribution in [0.4, 0.5) is 0 Å². The Bertz CT molecular complexity index is 436. The van der Waals surface area contributed by atoms with Crippen molar-refractivity contribution >= 4 is 11.8 Å². The minimum atomic E-state index is 0.607. The largest absolute Gasteiger partial charge is 0.495 e. The first-order valence-corrected chi connectivity index (χ1v) is 7.37. The number of methoxy groups -OCH3 is 1. The molecule has 0 aromatic heterocycles. The zero-order valence-corrected chi connectivity index (χ0v) is 11.4. The average Bonchev–Trinajstić information content (AvgIpc) is 2.45. The molecule has 18 heavy (non-hydrogen) atoms. The maximum absolute atomic E-state index is 9.04. The molecule has 4 heteroatoms. The Hall–Kier alpha value is -1.18. The van der Waals surface area contributed by atoms with E-state index in [1.54, 1.807) is 7.11 Å². The highest BCUT2D eigenvalue weighted by Crippen LogP contribution is 2.20. The molecule has 1 aromatic rings. The second-order valence-electron chi connectivity index (χ2n) is 4.41. The van der Waals surface area contributed by atoms with Gasteiger partial charge in [-0.15, -0.1) is 0 Å². The molecular formula is C14H18N2OS. The van der Waals surface area contributed by atoms with E-state index >= 15 is 0 Å². The molecule has 96 valence electrons. The number of ether oxygens (including phenoxy) is 1. The van der Waals surface area contributed by atoms with Gasteiger partial charge in [0.15, 0.2) is 0 Å². The van der Waals surface area contributed by atoms with Crippen LogP contribution in [-0.2, 0) is 6.54 Å². The van der Waals surface area contributed by atoms with Crippen LogP contribution >= 0.6 is 11.8 Å². The molecular weight excluding hydrogens is 244 g/mol. The minimum absolute atomic E-state index is 0.607. The van der Waals surface area contributed by atoms with Crippen LogP contribution in [-0.4, -0.2) is 24.7 Å². The van der Waals surface area contributed by atoms with Crippen molar-refractivity contribution in [2.75, 3.05) is 18.6 Å². The highest BCUT2D eigenvalue weighted by Gasteiger charge is 2.13. The average molecular weight is 262 g/mol. The van der Waals surface area contributed by atoms with Crippen molar-refractivity contribution in [1.29, 1.82) is 5.26 Å². The molecule has 1 aromatic carbocycles. The molecule has 1 aliphatic rings. The smallest absolute Gasteiger partial charge is 0.136 e. The standard InChI is InChI=1S/C14H18N2OS/c1-17-14-3-2-11(8-12(14)9-15)10-16-13-4-6-18-7-5-13/h2-3,8,13,16H,4-7,10H2,1H3. The Balaban J connectivity index is 1.95. The Morgan fingerprint density at radius 3 is 2.89 bits per heavy atom. The number of benzene rings is 1. The van der Waals surface area contributed by atoms with Gasteiger partial charge in [-0.2, -0.15) is 17.0 Å². The van der Waals surface area contributed by atoms with Crippen LogP contribution in [0.15, 0.2) is 18.2 Å². The first-order chi connectivity index (χ1) is 8.83. The normalized spacial score (nSPS) is 16.2. The second kappa shape index (κ2) is 6.67. The van der Waals surface area contributed by atoms with Crippen LogP contribution in [0.5, 0.6) is 5.75 Å². The zero-order chi connectivity index (χ0) is 12.8. The summed E-state index contributed by atoms with van der Waals surface area (Å²) in [7, 11) is 1.59. The maximum Gasteiger partial charge on any atom is 0.136 e. The number of thioether (sulfide) groups is 1. The number of nitrogens with one attached hydrogen (secondary N) is 1. The fourth-order valence-electron chi connectivity index (χ4n) is 2.12. The summed E-state index contributed by atoms with van der Waals surface area (Å²) < 4.78 is 5.14. The molecule has 1 fully saturated rings. The van der Waals surface area contributed by atoms with E-state index in [1.165, 1.54) is 24.3 Å². The fourth-order valence-corrected chi connectivity index (χ4v) is 3.22. The zero-order valence-electron chi connectivity index (χ0n) is 10.6. The van der Waals surface area contributed by atoms with Gasteiger partial charge in [0, 0.05) is 12.6 Å². The van der Waals surface area contributed by atoms with E-state index in [-0.39, 0.29) is 0 Å². The number of hydrogen-bond acceptors (Lipinski definition) is 4. The van der Waals surface area contributed by atoms with Crippen molar-refractivity contribution in [2.45, 2.75) is 25.4 Å². The number of hydrogen-bond donors (Lipinski definition) is 1. The van der Waals surface area contributed by atoms with Crippen molar-refractivity contribution in [3.8, 4) is 11.8 Å². The predicted octanol–water partition coefficient (Wildman–Crippen LogP) is 2.55. The van der Waals surface area contributed by atoms with Crippen molar-refractivity contribution in [3.05, 3.63) is 29.3 Å². The lowest BCUT2D eigenvalue weighted by Crippen LogP contribution is -2.32. The van der Waals surface area contributed by atoms with Gasteiger partial charge in [0.1, 0.15) is 11.8 Å². The number of nitrogens with zero attached hydrogens (tertiary/aromatic N) is 1. The maximum atomic E-state index is 9.04. The summed E-state index contributed by atoms with van der Waals surface area (Å²) >= 11 is 2.03. The van der Waals surface area contributed by atoms with E-state index < -0.39 is 0 Å². The molecule has 0 spiro atoms. The third-order valence-corrected chi connectivity index (χ3v) is 4.25. The summed E-state index contributed by atoms with van der Waals surface area (Å²) in [4.78, 5) is 0. The van der Waals surface area contributed by atoms with Crippen molar-refractivity contribution < 1.29 is 4.74 Å². The minimum Gasteiger partial charge on any atom is -0.495 e. The summed E-state index contributed by atoms with van der Waals surface area (Å²) in [6, 6.07) is 8.58. The first-order valence-electron chi connectivity index (χ1n) is 6.21. The molecule has 3 nitrogen and oxygen atoms in total. The number of nitriles is 1. The van der Waals surface area contributed by atoms with Gasteiger partial charge in [-0.3, -0.25) is 0 Å². The summed E-state index contributed by atoms with van der Waals surface area (Å²) in [5.41, 5.74) is 1.75. The summed E-state index contributed by atoms with van der Waals surface area (Å²) in [6.45, 7) is 0.827. The quantitative estimate of drug-likeness (QED) is 0.905. The van der Waals surface area contributed by atoms with Crippen LogP contribution in [0.1, 0.15) is 24.0 Å². The molecule has 1 N–H and O–H groups in total. The molecule has 0 bridgehead atoms. The molecule has 0 unspecified atom stereocenters. The molecule has 0 aliphatic carbocycles. The van der Waals surface area contributed by atoms with Gasteiger partial charge in [0.25, 0.3) is 0 Å². The molecule has 2 rings (SSSR count). The lowest BCUT2D eigenvalue weighted by Gasteiger charge is -2.22. The van der Waals surface area contributed by atoms with Gasteiger partial charge in [-0.1, -0.05) is 6.07 Å². The van der Waals surface area contributed by atoms with E-state index in [4.69, 9.17) is 10.00 Å². The highest BCUT2D eigenvalue weighted by atomic mass is 32.2. The van der Waals surface area contributed by atoms with Crippen LogP contribution in [0.25, 0.3) is 0 Å². The van der Waals surface area contributed by atoms with Crippen molar-refractivity contribution in [1.82, 2.24) is 5.32 Å². The predicted molar refractivity (Wildman–Crippen MR) is 74.9 cm³/mol. The molecule has 0 saturated carbocycles. The second-order valence-corrected chi connectivity index (χ2v) is 5.64. The molecule has 0 amide bonds. The SMILES string of the molecule is COc1ccc(CNC2CCSCC2)cc1C#N. The molecule has 1 aliphatic heterocycles. The van der Waals surface area contributed by atoms with Gasteiger partial charge in [-0.25, -0.2) is 0 Å². The first kappa shape index (κ1) is 13.3.